The molecule has 11 unspecified atom stereocenters. The minimum atomic E-state index is -1.66. The van der Waals surface area contributed by atoms with Crippen LogP contribution in [0.5, 0.6) is 0 Å². The summed E-state index contributed by atoms with van der Waals surface area (Å²) in [6, 6.07) is 0. The molecular formula is C43H68O9. The number of esters is 1. The third kappa shape index (κ3) is 8.84. The molecule has 0 spiro atoms. The largest absolute Gasteiger partial charge is 0.469 e. The van der Waals surface area contributed by atoms with E-state index in [1.54, 1.807) is 6.92 Å². The highest BCUT2D eigenvalue weighted by Crippen LogP contribution is 2.56. The molecule has 0 amide bonds. The third-order valence-corrected chi connectivity index (χ3v) is 13.3. The number of methoxy groups -OCH3 is 1. The smallest absolute Gasteiger partial charge is 0.313 e. The molecule has 52 heavy (non-hydrogen) atoms. The first kappa shape index (κ1) is 42.5. The van der Waals surface area contributed by atoms with Gasteiger partial charge in [0.1, 0.15) is 17.3 Å². The second-order valence-corrected chi connectivity index (χ2v) is 17.8. The molecule has 4 rings (SSSR count). The van der Waals surface area contributed by atoms with Crippen molar-refractivity contribution in [3.05, 3.63) is 22.8 Å². The van der Waals surface area contributed by atoms with Gasteiger partial charge < -0.3 is 24.4 Å². The maximum Gasteiger partial charge on any atom is 0.313 e. The molecule has 0 aromatic heterocycles. The van der Waals surface area contributed by atoms with Gasteiger partial charge in [-0.3, -0.25) is 19.2 Å². The fourth-order valence-corrected chi connectivity index (χ4v) is 10.0. The zero-order chi connectivity index (χ0) is 38.8. The number of Topliss-reactive ketones (excluding diaryl/α,β-unsaturated/α-hetero) is 3. The van der Waals surface area contributed by atoms with Gasteiger partial charge in [-0.1, -0.05) is 57.8 Å². The van der Waals surface area contributed by atoms with E-state index in [9.17, 15) is 29.4 Å². The molecule has 4 aliphatic rings. The number of fused-ring (bicyclic) bond motifs is 5. The topological polar surface area (TPSA) is 136 Å². The fourth-order valence-electron chi connectivity index (χ4n) is 10.0. The molecule has 2 aliphatic heterocycles. The Morgan fingerprint density at radius 1 is 0.981 bits per heavy atom. The summed E-state index contributed by atoms with van der Waals surface area (Å²) in [6.07, 6.45) is 4.73. The number of ether oxygens (including phenoxy) is 3. The summed E-state index contributed by atoms with van der Waals surface area (Å²) in [4.78, 5) is 57.7. The number of allylic oxidation sites excluding steroid dienone is 3. The van der Waals surface area contributed by atoms with E-state index in [4.69, 9.17) is 14.2 Å². The van der Waals surface area contributed by atoms with Gasteiger partial charge in [0.05, 0.1) is 42.0 Å². The summed E-state index contributed by atoms with van der Waals surface area (Å²) >= 11 is 0. The van der Waals surface area contributed by atoms with Gasteiger partial charge in [-0.25, -0.2) is 0 Å². The lowest BCUT2D eigenvalue weighted by Gasteiger charge is -2.51. The van der Waals surface area contributed by atoms with Crippen molar-refractivity contribution in [1.82, 2.24) is 0 Å². The number of hydrogen-bond donors (Lipinski definition) is 2. The highest BCUT2D eigenvalue weighted by molar-refractivity contribution is 5.97. The van der Waals surface area contributed by atoms with Crippen molar-refractivity contribution in [3.8, 4) is 0 Å². The third-order valence-electron chi connectivity index (χ3n) is 13.3. The van der Waals surface area contributed by atoms with Crippen molar-refractivity contribution < 1.29 is 43.6 Å². The Balaban J connectivity index is 1.97. The SMILES string of the molecule is CCOC1(C)CCC2OC1CCC(C)=CC1C(=C(C)CC3C(=O)CC(C)CCCC(C)C(=O)CC(C(C)C)C(=O)CC13C(=O)OC)C(O)CC2(C)O. The molecule has 2 bridgehead atoms. The van der Waals surface area contributed by atoms with Crippen molar-refractivity contribution in [3.63, 3.8) is 0 Å². The summed E-state index contributed by atoms with van der Waals surface area (Å²) in [5.74, 6) is -3.67. The Hall–Kier alpha value is -2.20. The number of hydrogen-bond acceptors (Lipinski definition) is 9. The van der Waals surface area contributed by atoms with E-state index < -0.39 is 52.5 Å². The minimum Gasteiger partial charge on any atom is -0.469 e. The van der Waals surface area contributed by atoms with Crippen molar-refractivity contribution >= 4 is 23.3 Å². The van der Waals surface area contributed by atoms with E-state index in [0.717, 1.165) is 24.0 Å². The molecular weight excluding hydrogens is 660 g/mol. The van der Waals surface area contributed by atoms with E-state index in [1.165, 1.54) is 7.11 Å². The first-order valence-corrected chi connectivity index (χ1v) is 20.0. The van der Waals surface area contributed by atoms with Gasteiger partial charge in [0, 0.05) is 56.0 Å². The van der Waals surface area contributed by atoms with Crippen LogP contribution in [0.3, 0.4) is 0 Å². The Morgan fingerprint density at radius 2 is 1.67 bits per heavy atom. The number of aliphatic hydroxyl groups excluding tert-OH is 1. The fraction of sp³-hybridized carbons (Fsp3) is 0.814. The Labute approximate surface area is 312 Å². The lowest BCUT2D eigenvalue weighted by molar-refractivity contribution is -0.232. The average Bonchev–Trinajstić information content (AvgIpc) is 3.05. The molecule has 294 valence electrons. The molecule has 2 N–H and O–H groups in total. The predicted molar refractivity (Wildman–Crippen MR) is 200 cm³/mol. The van der Waals surface area contributed by atoms with Crippen molar-refractivity contribution in [2.75, 3.05) is 13.7 Å². The van der Waals surface area contributed by atoms with Gasteiger partial charge >= 0.3 is 5.97 Å². The lowest BCUT2D eigenvalue weighted by atomic mass is 9.52. The Bertz CT molecular complexity index is 1390. The van der Waals surface area contributed by atoms with Crippen molar-refractivity contribution in [2.45, 2.75) is 169 Å². The van der Waals surface area contributed by atoms with E-state index in [-0.39, 0.29) is 73.3 Å². The van der Waals surface area contributed by atoms with Gasteiger partial charge in [-0.15, -0.1) is 0 Å². The van der Waals surface area contributed by atoms with Gasteiger partial charge in [0.2, 0.25) is 0 Å². The van der Waals surface area contributed by atoms with Crippen LogP contribution in [0.2, 0.25) is 0 Å². The monoisotopic (exact) mass is 728 g/mol. The molecule has 1 saturated carbocycles. The maximum atomic E-state index is 14.8. The molecule has 2 heterocycles. The summed E-state index contributed by atoms with van der Waals surface area (Å²) < 4.78 is 18.5. The van der Waals surface area contributed by atoms with Crippen LogP contribution in [-0.2, 0) is 33.4 Å². The second kappa shape index (κ2) is 17.1. The van der Waals surface area contributed by atoms with Crippen molar-refractivity contribution in [2.24, 2.45) is 40.9 Å². The van der Waals surface area contributed by atoms with Gasteiger partial charge in [0.25, 0.3) is 0 Å². The number of aliphatic hydroxyl groups is 2. The van der Waals surface area contributed by atoms with Crippen LogP contribution >= 0.6 is 0 Å². The highest BCUT2D eigenvalue weighted by Gasteiger charge is 2.60. The van der Waals surface area contributed by atoms with Crippen LogP contribution in [0.4, 0.5) is 0 Å². The zero-order valence-corrected chi connectivity index (χ0v) is 33.7. The standard InChI is InChI=1S/C43H68O9/c1-11-51-42(9)18-17-37-41(8,49)23-36(47)39-29(7)21-31-34(45)20-26(4)13-12-14-28(6)33(44)22-30(25(2)3)35(46)24-43(31,40(48)50-10)32(39)19-27(5)15-16-38(42)52-37/h19,25-26,28,30-32,36-38,47,49H,11-18,20-24H2,1-10H3. The lowest BCUT2D eigenvalue weighted by Crippen LogP contribution is -2.57. The quantitative estimate of drug-likeness (QED) is 0.226. The van der Waals surface area contributed by atoms with Crippen LogP contribution in [0.1, 0.15) is 139 Å². The predicted octanol–water partition coefficient (Wildman–Crippen LogP) is 7.29. The average molecular weight is 729 g/mol. The van der Waals surface area contributed by atoms with Crippen LogP contribution in [-0.4, -0.2) is 76.8 Å². The molecule has 1 saturated heterocycles. The summed E-state index contributed by atoms with van der Waals surface area (Å²) in [6.45, 7) is 17.9. The minimum absolute atomic E-state index is 0.0196. The number of ketones is 3. The number of carbonyl (C=O) groups excluding carboxylic acids is 4. The van der Waals surface area contributed by atoms with Crippen LogP contribution < -0.4 is 0 Å². The maximum absolute atomic E-state index is 14.8. The first-order valence-electron chi connectivity index (χ1n) is 20.0. The molecule has 0 aromatic rings. The first-order chi connectivity index (χ1) is 24.3. The molecule has 9 nitrogen and oxygen atoms in total. The van der Waals surface area contributed by atoms with Gasteiger partial charge in [-0.05, 0) is 90.6 Å². The van der Waals surface area contributed by atoms with E-state index in [0.29, 0.717) is 44.3 Å². The highest BCUT2D eigenvalue weighted by atomic mass is 16.6. The summed E-state index contributed by atoms with van der Waals surface area (Å²) in [5, 5.41) is 24.3. The number of carbonyl (C=O) groups is 4. The molecule has 0 radical (unpaired) electrons. The zero-order valence-electron chi connectivity index (χ0n) is 33.7. The van der Waals surface area contributed by atoms with Crippen LogP contribution in [0.15, 0.2) is 22.8 Å². The Morgan fingerprint density at radius 3 is 2.31 bits per heavy atom. The summed E-state index contributed by atoms with van der Waals surface area (Å²) in [5.41, 5.74) is -1.39. The normalized spacial score (nSPS) is 40.5. The molecule has 0 aromatic carbocycles. The molecule has 2 aliphatic carbocycles. The summed E-state index contributed by atoms with van der Waals surface area (Å²) in [7, 11) is 1.30. The Kier molecular flexibility index (Phi) is 14.0. The second-order valence-electron chi connectivity index (χ2n) is 17.8. The van der Waals surface area contributed by atoms with Crippen LogP contribution in [0.25, 0.3) is 0 Å². The molecule has 11 atom stereocenters. The van der Waals surface area contributed by atoms with E-state index in [1.807, 2.05) is 54.5 Å². The van der Waals surface area contributed by atoms with E-state index in [2.05, 4.69) is 6.92 Å². The molecule has 9 heteroatoms. The van der Waals surface area contributed by atoms with Gasteiger partial charge in [0.15, 0.2) is 0 Å². The van der Waals surface area contributed by atoms with Crippen molar-refractivity contribution in [1.29, 1.82) is 0 Å². The van der Waals surface area contributed by atoms with Crippen LogP contribution in [0, 0.1) is 40.9 Å². The van der Waals surface area contributed by atoms with E-state index >= 15 is 0 Å². The molecule has 2 fully saturated rings. The number of rotatable bonds is 4. The van der Waals surface area contributed by atoms with Gasteiger partial charge in [-0.2, -0.15) is 0 Å².